The van der Waals surface area contributed by atoms with Crippen LogP contribution in [0.1, 0.15) is 71.6 Å². The van der Waals surface area contributed by atoms with E-state index in [0.717, 1.165) is 25.2 Å². The van der Waals surface area contributed by atoms with E-state index in [-0.39, 0.29) is 18.1 Å². The van der Waals surface area contributed by atoms with Crippen molar-refractivity contribution in [3.63, 3.8) is 0 Å². The van der Waals surface area contributed by atoms with Gasteiger partial charge in [-0.15, -0.1) is 0 Å². The van der Waals surface area contributed by atoms with Crippen molar-refractivity contribution in [1.29, 1.82) is 0 Å². The van der Waals surface area contributed by atoms with Gasteiger partial charge in [-0.2, -0.15) is 0 Å². The fourth-order valence-corrected chi connectivity index (χ4v) is 7.52. The molecule has 0 aromatic heterocycles. The van der Waals surface area contributed by atoms with Crippen LogP contribution in [0.3, 0.4) is 0 Å². The largest absolute Gasteiger partial charge is 0.396 e. The summed E-state index contributed by atoms with van der Waals surface area (Å²) in [7, 11) is 0. The number of rotatable bonds is 3. The first-order valence-electron chi connectivity index (χ1n) is 10.5. The molecule has 8 atom stereocenters. The monoisotopic (exact) mass is 348 g/mol. The predicted molar refractivity (Wildman–Crippen MR) is 98.9 cm³/mol. The zero-order valence-corrected chi connectivity index (χ0v) is 16.0. The van der Waals surface area contributed by atoms with E-state index in [9.17, 15) is 15.3 Å². The highest BCUT2D eigenvalue weighted by Crippen LogP contribution is 2.67. The quantitative estimate of drug-likeness (QED) is 0.682. The third-order valence-electron chi connectivity index (χ3n) is 9.17. The molecule has 3 saturated carbocycles. The predicted octanol–water partition coefficient (Wildman–Crippen LogP) is 3.67. The molecule has 0 aliphatic heterocycles. The summed E-state index contributed by atoms with van der Waals surface area (Å²) in [6, 6.07) is 0. The maximum Gasteiger partial charge on any atom is 0.0887 e. The van der Waals surface area contributed by atoms with E-state index in [4.69, 9.17) is 0 Å². The summed E-state index contributed by atoms with van der Waals surface area (Å²) in [5, 5.41) is 30.7. The highest BCUT2D eigenvalue weighted by atomic mass is 16.3. The summed E-state index contributed by atoms with van der Waals surface area (Å²) < 4.78 is 0. The fourth-order valence-electron chi connectivity index (χ4n) is 7.52. The summed E-state index contributed by atoms with van der Waals surface area (Å²) in [4.78, 5) is 0. The lowest BCUT2D eigenvalue weighted by Gasteiger charge is -2.61. The van der Waals surface area contributed by atoms with E-state index >= 15 is 0 Å². The Morgan fingerprint density at radius 2 is 1.88 bits per heavy atom. The molecule has 0 spiro atoms. The van der Waals surface area contributed by atoms with E-state index in [1.165, 1.54) is 25.7 Å². The van der Waals surface area contributed by atoms with Crippen molar-refractivity contribution in [3.8, 4) is 0 Å². The molecule has 25 heavy (non-hydrogen) atoms. The van der Waals surface area contributed by atoms with Crippen LogP contribution in [0.15, 0.2) is 12.2 Å². The lowest BCUT2D eigenvalue weighted by atomic mass is 9.44. The van der Waals surface area contributed by atoms with Gasteiger partial charge in [-0.05, 0) is 86.9 Å². The molecule has 0 aromatic carbocycles. The van der Waals surface area contributed by atoms with Crippen LogP contribution in [0.2, 0.25) is 0 Å². The molecule has 0 radical (unpaired) electrons. The summed E-state index contributed by atoms with van der Waals surface area (Å²) in [6.45, 7) is 4.95. The lowest BCUT2D eigenvalue weighted by molar-refractivity contribution is -0.153. The first-order chi connectivity index (χ1) is 11.8. The maximum atomic E-state index is 11.4. The van der Waals surface area contributed by atoms with Gasteiger partial charge in [0.1, 0.15) is 0 Å². The summed E-state index contributed by atoms with van der Waals surface area (Å²) in [5.74, 6) is 2.57. The Morgan fingerprint density at radius 1 is 1.08 bits per heavy atom. The van der Waals surface area contributed by atoms with Gasteiger partial charge in [0.25, 0.3) is 0 Å². The zero-order valence-electron chi connectivity index (χ0n) is 16.0. The molecular weight excluding hydrogens is 312 g/mol. The first kappa shape index (κ1) is 18.0. The number of aliphatic hydroxyl groups is 3. The second-order valence-corrected chi connectivity index (χ2v) is 10.1. The van der Waals surface area contributed by atoms with Crippen molar-refractivity contribution in [3.05, 3.63) is 12.2 Å². The van der Waals surface area contributed by atoms with Gasteiger partial charge in [0.15, 0.2) is 0 Å². The topological polar surface area (TPSA) is 60.7 Å². The Hall–Kier alpha value is -0.380. The summed E-state index contributed by atoms with van der Waals surface area (Å²) >= 11 is 0. The second-order valence-electron chi connectivity index (χ2n) is 10.1. The molecule has 4 rings (SSSR count). The number of hydrogen-bond acceptors (Lipinski definition) is 3. The van der Waals surface area contributed by atoms with E-state index < -0.39 is 5.60 Å². The Bertz CT molecular complexity index is 545. The lowest BCUT2D eigenvalue weighted by Crippen LogP contribution is -2.57. The number of aliphatic hydroxyl groups excluding tert-OH is 2. The van der Waals surface area contributed by atoms with Crippen LogP contribution in [0.4, 0.5) is 0 Å². The highest BCUT2D eigenvalue weighted by Gasteiger charge is 2.62. The molecule has 3 fully saturated rings. The Balaban J connectivity index is 1.59. The normalized spacial score (nSPS) is 54.7. The Kier molecular flexibility index (Phi) is 4.37. The molecule has 0 saturated heterocycles. The van der Waals surface area contributed by atoms with E-state index in [1.807, 2.05) is 0 Å². The van der Waals surface area contributed by atoms with Crippen molar-refractivity contribution in [2.45, 2.75) is 83.3 Å². The number of hydrogen-bond donors (Lipinski definition) is 3. The van der Waals surface area contributed by atoms with Crippen LogP contribution in [0, 0.1) is 34.5 Å². The fraction of sp³-hybridized carbons (Fsp3) is 0.909. The SMILES string of the molecule is C[C@]12CCC(O)CC1CC[C@@H]1[C@@H]2CC[C@@]2(C)[C@H]1C=CC2(O)CCCO. The summed E-state index contributed by atoms with van der Waals surface area (Å²) in [6.07, 6.45) is 13.6. The van der Waals surface area contributed by atoms with Gasteiger partial charge < -0.3 is 15.3 Å². The van der Waals surface area contributed by atoms with Crippen molar-refractivity contribution >= 4 is 0 Å². The smallest absolute Gasteiger partial charge is 0.0887 e. The van der Waals surface area contributed by atoms with Gasteiger partial charge in [0, 0.05) is 12.0 Å². The highest BCUT2D eigenvalue weighted by molar-refractivity contribution is 5.26. The van der Waals surface area contributed by atoms with Gasteiger partial charge in [-0.1, -0.05) is 26.0 Å². The Labute approximate surface area is 152 Å². The molecule has 0 amide bonds. The van der Waals surface area contributed by atoms with Crippen molar-refractivity contribution in [2.24, 2.45) is 34.5 Å². The molecule has 4 aliphatic carbocycles. The standard InChI is InChI=1S/C22H36O3/c1-20-10-6-16(24)14-15(20)4-5-17-18(20)7-11-21(2)19(17)8-12-22(21,25)9-3-13-23/h8,12,15-19,23-25H,3-7,9-11,13-14H2,1-2H3/t15?,16?,17-,18+,19+,20+,21+,22?/m1/s1. The molecule has 3 nitrogen and oxygen atoms in total. The Morgan fingerprint density at radius 3 is 2.64 bits per heavy atom. The second kappa shape index (κ2) is 6.07. The van der Waals surface area contributed by atoms with Crippen LogP contribution in [-0.4, -0.2) is 33.6 Å². The van der Waals surface area contributed by atoms with Crippen LogP contribution in [-0.2, 0) is 0 Å². The molecule has 3 unspecified atom stereocenters. The molecule has 0 heterocycles. The average Bonchev–Trinajstić information content (AvgIpc) is 2.85. The maximum absolute atomic E-state index is 11.4. The van der Waals surface area contributed by atoms with Crippen molar-refractivity contribution < 1.29 is 15.3 Å². The average molecular weight is 349 g/mol. The minimum Gasteiger partial charge on any atom is -0.396 e. The van der Waals surface area contributed by atoms with Crippen LogP contribution < -0.4 is 0 Å². The molecular formula is C22H36O3. The zero-order chi connectivity index (χ0) is 17.9. The third-order valence-corrected chi connectivity index (χ3v) is 9.17. The number of allylic oxidation sites excluding steroid dienone is 1. The van der Waals surface area contributed by atoms with Gasteiger partial charge in [-0.25, -0.2) is 0 Å². The van der Waals surface area contributed by atoms with Crippen LogP contribution in [0.5, 0.6) is 0 Å². The van der Waals surface area contributed by atoms with E-state index in [0.29, 0.717) is 36.0 Å². The minimum absolute atomic E-state index is 0.0687. The van der Waals surface area contributed by atoms with E-state index in [2.05, 4.69) is 26.0 Å². The first-order valence-corrected chi connectivity index (χ1v) is 10.5. The van der Waals surface area contributed by atoms with Crippen molar-refractivity contribution in [2.75, 3.05) is 6.61 Å². The molecule has 142 valence electrons. The minimum atomic E-state index is -0.744. The van der Waals surface area contributed by atoms with Gasteiger partial charge in [0.05, 0.1) is 11.7 Å². The third kappa shape index (κ3) is 2.49. The van der Waals surface area contributed by atoms with Gasteiger partial charge >= 0.3 is 0 Å². The molecule has 0 bridgehead atoms. The van der Waals surface area contributed by atoms with Gasteiger partial charge in [-0.3, -0.25) is 0 Å². The van der Waals surface area contributed by atoms with Crippen LogP contribution >= 0.6 is 0 Å². The van der Waals surface area contributed by atoms with Crippen molar-refractivity contribution in [1.82, 2.24) is 0 Å². The molecule has 3 heteroatoms. The summed E-state index contributed by atoms with van der Waals surface area (Å²) in [5.41, 5.74) is -0.435. The van der Waals surface area contributed by atoms with Crippen LogP contribution in [0.25, 0.3) is 0 Å². The van der Waals surface area contributed by atoms with E-state index in [1.54, 1.807) is 0 Å². The van der Waals surface area contributed by atoms with Gasteiger partial charge in [0.2, 0.25) is 0 Å². The molecule has 3 N–H and O–H groups in total. The molecule has 0 aromatic rings. The number of fused-ring (bicyclic) bond motifs is 5. The molecule has 4 aliphatic rings.